The van der Waals surface area contributed by atoms with Gasteiger partial charge in [-0.15, -0.1) is 0 Å². The molecule has 1 aliphatic carbocycles. The number of hydrogen-bond acceptors (Lipinski definition) is 4. The number of sulfonamides is 1. The van der Waals surface area contributed by atoms with E-state index in [-0.39, 0.29) is 23.6 Å². The molecule has 2 atom stereocenters. The van der Waals surface area contributed by atoms with Gasteiger partial charge < -0.3 is 11.1 Å². The Bertz CT molecular complexity index is 397. The molecule has 19 heavy (non-hydrogen) atoms. The van der Waals surface area contributed by atoms with Gasteiger partial charge in [-0.25, -0.2) is 12.7 Å². The van der Waals surface area contributed by atoms with Crippen LogP contribution < -0.4 is 11.1 Å². The van der Waals surface area contributed by atoms with Crippen molar-refractivity contribution >= 4 is 15.9 Å². The smallest absolute Gasteiger partial charge is 0.223 e. The van der Waals surface area contributed by atoms with E-state index < -0.39 is 10.0 Å². The molecule has 1 saturated carbocycles. The molecule has 6 nitrogen and oxygen atoms in total. The first-order chi connectivity index (χ1) is 8.86. The van der Waals surface area contributed by atoms with Crippen LogP contribution in [-0.2, 0) is 14.8 Å². The molecule has 1 fully saturated rings. The predicted octanol–water partition coefficient (Wildman–Crippen LogP) is -0.0984. The number of nitrogens with two attached hydrogens (primary N) is 1. The molecule has 0 aliphatic heterocycles. The first-order valence-corrected chi connectivity index (χ1v) is 8.45. The first kappa shape index (κ1) is 16.4. The van der Waals surface area contributed by atoms with Crippen LogP contribution in [0, 0.1) is 5.92 Å². The number of amides is 1. The quantitative estimate of drug-likeness (QED) is 0.641. The molecule has 0 saturated heterocycles. The normalized spacial score (nSPS) is 23.8. The maximum atomic E-state index is 11.8. The van der Waals surface area contributed by atoms with Gasteiger partial charge in [-0.1, -0.05) is 0 Å². The highest BCUT2D eigenvalue weighted by Gasteiger charge is 2.27. The Hall–Kier alpha value is -0.660. The summed E-state index contributed by atoms with van der Waals surface area (Å²) in [6, 6.07) is 0.150. The van der Waals surface area contributed by atoms with Gasteiger partial charge in [0.2, 0.25) is 15.9 Å². The van der Waals surface area contributed by atoms with Crippen LogP contribution in [0.4, 0.5) is 0 Å². The Balaban J connectivity index is 2.19. The topological polar surface area (TPSA) is 92.5 Å². The van der Waals surface area contributed by atoms with Gasteiger partial charge in [-0.2, -0.15) is 0 Å². The van der Waals surface area contributed by atoms with E-state index in [9.17, 15) is 13.2 Å². The summed E-state index contributed by atoms with van der Waals surface area (Å²) in [5.41, 5.74) is 5.77. The van der Waals surface area contributed by atoms with E-state index in [1.54, 1.807) is 14.0 Å². The summed E-state index contributed by atoms with van der Waals surface area (Å²) in [4.78, 5) is 11.8. The van der Waals surface area contributed by atoms with Crippen LogP contribution >= 0.6 is 0 Å². The van der Waals surface area contributed by atoms with E-state index in [2.05, 4.69) is 5.32 Å². The highest BCUT2D eigenvalue weighted by Crippen LogP contribution is 2.23. The van der Waals surface area contributed by atoms with Crippen molar-refractivity contribution in [2.75, 3.05) is 25.9 Å². The Morgan fingerprint density at radius 3 is 2.63 bits per heavy atom. The maximum absolute atomic E-state index is 11.8. The molecule has 0 heterocycles. The Morgan fingerprint density at radius 1 is 1.42 bits per heavy atom. The maximum Gasteiger partial charge on any atom is 0.223 e. The predicted molar refractivity (Wildman–Crippen MR) is 75.0 cm³/mol. The number of rotatable bonds is 7. The van der Waals surface area contributed by atoms with Crippen molar-refractivity contribution in [2.45, 2.75) is 38.6 Å². The van der Waals surface area contributed by atoms with E-state index in [0.717, 1.165) is 19.3 Å². The molecule has 1 rings (SSSR count). The third-order valence-electron chi connectivity index (χ3n) is 3.63. The van der Waals surface area contributed by atoms with Gasteiger partial charge in [0, 0.05) is 32.1 Å². The van der Waals surface area contributed by atoms with Gasteiger partial charge in [0.1, 0.15) is 0 Å². The number of nitrogens with one attached hydrogen (secondary N) is 1. The van der Waals surface area contributed by atoms with Crippen molar-refractivity contribution in [2.24, 2.45) is 11.7 Å². The minimum atomic E-state index is -3.12. The van der Waals surface area contributed by atoms with Crippen LogP contribution in [0.1, 0.15) is 32.6 Å². The van der Waals surface area contributed by atoms with Crippen molar-refractivity contribution in [1.82, 2.24) is 9.62 Å². The number of carbonyl (C=O) groups is 1. The summed E-state index contributed by atoms with van der Waals surface area (Å²) < 4.78 is 24.3. The monoisotopic (exact) mass is 291 g/mol. The average Bonchev–Trinajstić information content (AvgIpc) is 2.80. The molecule has 7 heteroatoms. The molecule has 0 bridgehead atoms. The summed E-state index contributed by atoms with van der Waals surface area (Å²) >= 11 is 0. The molecule has 0 aromatic rings. The molecule has 1 aliphatic rings. The summed E-state index contributed by atoms with van der Waals surface area (Å²) in [5.74, 6) is 0.191. The number of carbonyl (C=O) groups excluding carboxylic acids is 1. The zero-order chi connectivity index (χ0) is 14.5. The highest BCUT2D eigenvalue weighted by atomic mass is 32.2. The van der Waals surface area contributed by atoms with Gasteiger partial charge in [0.25, 0.3) is 0 Å². The molecule has 1 amide bonds. The summed E-state index contributed by atoms with van der Waals surface area (Å²) in [6.45, 7) is 2.56. The minimum absolute atomic E-state index is 0.0344. The van der Waals surface area contributed by atoms with Crippen LogP contribution in [0.3, 0.4) is 0 Å². The lowest BCUT2D eigenvalue weighted by molar-refractivity contribution is -0.124. The van der Waals surface area contributed by atoms with Gasteiger partial charge in [-0.3, -0.25) is 4.79 Å². The molecule has 2 unspecified atom stereocenters. The molecule has 0 aromatic carbocycles. The van der Waals surface area contributed by atoms with Crippen molar-refractivity contribution in [3.8, 4) is 0 Å². The van der Waals surface area contributed by atoms with Crippen molar-refractivity contribution in [3.05, 3.63) is 0 Å². The van der Waals surface area contributed by atoms with Crippen LogP contribution in [0.2, 0.25) is 0 Å². The number of hydrogen-bond donors (Lipinski definition) is 2. The van der Waals surface area contributed by atoms with E-state index in [4.69, 9.17) is 5.73 Å². The van der Waals surface area contributed by atoms with Crippen LogP contribution in [0.5, 0.6) is 0 Å². The van der Waals surface area contributed by atoms with Crippen molar-refractivity contribution in [1.29, 1.82) is 0 Å². The minimum Gasteiger partial charge on any atom is -0.356 e. The van der Waals surface area contributed by atoms with Gasteiger partial charge in [-0.05, 0) is 32.6 Å². The standard InChI is InChI=1S/C12H25N3O3S/c1-3-19(17,18)15(2)8-4-7-14-12(16)10-5-6-11(13)9-10/h10-11H,3-9,13H2,1-2H3,(H,14,16). The molecule has 3 N–H and O–H groups in total. The summed E-state index contributed by atoms with van der Waals surface area (Å²) in [7, 11) is -1.55. The fraction of sp³-hybridized carbons (Fsp3) is 0.917. The number of nitrogens with zero attached hydrogens (tertiary/aromatic N) is 1. The van der Waals surface area contributed by atoms with Crippen LogP contribution in [0.15, 0.2) is 0 Å². The molecular formula is C12H25N3O3S. The first-order valence-electron chi connectivity index (χ1n) is 6.84. The van der Waals surface area contributed by atoms with E-state index in [0.29, 0.717) is 19.5 Å². The second-order valence-corrected chi connectivity index (χ2v) is 7.50. The van der Waals surface area contributed by atoms with Gasteiger partial charge in [0.05, 0.1) is 5.75 Å². The average molecular weight is 291 g/mol. The second-order valence-electron chi connectivity index (χ2n) is 5.14. The fourth-order valence-electron chi connectivity index (χ4n) is 2.27. The lowest BCUT2D eigenvalue weighted by atomic mass is 10.1. The third kappa shape index (κ3) is 5.08. The van der Waals surface area contributed by atoms with Crippen LogP contribution in [-0.4, -0.2) is 50.6 Å². The van der Waals surface area contributed by atoms with Gasteiger partial charge >= 0.3 is 0 Å². The zero-order valence-electron chi connectivity index (χ0n) is 11.8. The largest absolute Gasteiger partial charge is 0.356 e. The van der Waals surface area contributed by atoms with E-state index in [1.165, 1.54) is 4.31 Å². The Labute approximate surface area is 115 Å². The molecule has 0 spiro atoms. The third-order valence-corrected chi connectivity index (χ3v) is 5.49. The molecular weight excluding hydrogens is 266 g/mol. The van der Waals surface area contributed by atoms with E-state index in [1.807, 2.05) is 0 Å². The Morgan fingerprint density at radius 2 is 2.11 bits per heavy atom. The lowest BCUT2D eigenvalue weighted by Crippen LogP contribution is -2.34. The van der Waals surface area contributed by atoms with Crippen LogP contribution in [0.25, 0.3) is 0 Å². The van der Waals surface area contributed by atoms with Crippen molar-refractivity contribution < 1.29 is 13.2 Å². The molecule has 0 aromatic heterocycles. The van der Waals surface area contributed by atoms with Crippen molar-refractivity contribution in [3.63, 3.8) is 0 Å². The molecule has 0 radical (unpaired) electrons. The highest BCUT2D eigenvalue weighted by molar-refractivity contribution is 7.89. The summed E-state index contributed by atoms with van der Waals surface area (Å²) in [5, 5.41) is 2.85. The Kier molecular flexibility index (Phi) is 6.22. The fourth-order valence-corrected chi connectivity index (χ4v) is 3.12. The lowest BCUT2D eigenvalue weighted by Gasteiger charge is -2.16. The van der Waals surface area contributed by atoms with E-state index >= 15 is 0 Å². The summed E-state index contributed by atoms with van der Waals surface area (Å²) in [6.07, 6.45) is 3.16. The SMILES string of the molecule is CCS(=O)(=O)N(C)CCCNC(=O)C1CCC(N)C1. The molecule has 112 valence electrons. The van der Waals surface area contributed by atoms with Gasteiger partial charge in [0.15, 0.2) is 0 Å². The zero-order valence-corrected chi connectivity index (χ0v) is 12.6. The second kappa shape index (κ2) is 7.21.